The Morgan fingerprint density at radius 2 is 2.00 bits per heavy atom. The van der Waals surface area contributed by atoms with E-state index in [4.69, 9.17) is 11.6 Å². The quantitative estimate of drug-likeness (QED) is 0.644. The van der Waals surface area contributed by atoms with Crippen molar-refractivity contribution in [3.63, 3.8) is 0 Å². The van der Waals surface area contributed by atoms with Crippen molar-refractivity contribution in [3.05, 3.63) is 59.2 Å². The van der Waals surface area contributed by atoms with Gasteiger partial charge in [0, 0.05) is 17.5 Å². The van der Waals surface area contributed by atoms with Gasteiger partial charge in [0.15, 0.2) is 0 Å². The molecule has 6 heteroatoms. The monoisotopic (exact) mass is 382 g/mol. The molecular weight excluding hydrogens is 360 g/mol. The number of anilines is 1. The smallest absolute Gasteiger partial charge is 0.319 e. The van der Waals surface area contributed by atoms with Gasteiger partial charge in [0.1, 0.15) is 0 Å². The highest BCUT2D eigenvalue weighted by Gasteiger charge is 2.28. The molecule has 0 saturated heterocycles. The van der Waals surface area contributed by atoms with Gasteiger partial charge >= 0.3 is 6.03 Å². The highest BCUT2D eigenvalue weighted by atomic mass is 35.5. The number of carbonyl (C=O) groups excluding carboxylic acids is 1. The van der Waals surface area contributed by atoms with E-state index in [2.05, 4.69) is 15.7 Å². The summed E-state index contributed by atoms with van der Waals surface area (Å²) in [6.07, 6.45) is 6.43. The Morgan fingerprint density at radius 3 is 2.78 bits per heavy atom. The number of halogens is 1. The second-order valence-corrected chi connectivity index (χ2v) is 7.62. The Balaban J connectivity index is 1.56. The number of hydrogen-bond acceptors (Lipinski definition) is 2. The fraction of sp³-hybridized carbons (Fsp3) is 0.333. The number of urea groups is 1. The normalized spacial score (nSPS) is 15.8. The van der Waals surface area contributed by atoms with Crippen LogP contribution in [0.1, 0.15) is 37.3 Å². The maximum absolute atomic E-state index is 12.8. The van der Waals surface area contributed by atoms with Crippen LogP contribution in [0.5, 0.6) is 0 Å². The highest BCUT2D eigenvalue weighted by Crippen LogP contribution is 2.36. The largest absolute Gasteiger partial charge is 0.331 e. The van der Waals surface area contributed by atoms with Crippen molar-refractivity contribution in [1.82, 2.24) is 15.1 Å². The van der Waals surface area contributed by atoms with Gasteiger partial charge in [-0.1, -0.05) is 42.6 Å². The predicted octanol–water partition coefficient (Wildman–Crippen LogP) is 5.28. The zero-order valence-corrected chi connectivity index (χ0v) is 16.0. The van der Waals surface area contributed by atoms with Crippen molar-refractivity contribution in [2.24, 2.45) is 13.0 Å². The van der Waals surface area contributed by atoms with Crippen molar-refractivity contribution in [3.8, 4) is 0 Å². The standard InChI is InChI=1S/C21H23ClN4O/c1-26-19-11-5-10-18(17(19)13-23-26)24-21(27)25-20(14-6-2-3-7-14)15-8-4-9-16(22)12-15/h4-5,8-14,20H,2-3,6-7H2,1H3,(H2,24,25,27). The summed E-state index contributed by atoms with van der Waals surface area (Å²) in [7, 11) is 1.89. The molecule has 1 saturated carbocycles. The van der Waals surface area contributed by atoms with Crippen LogP contribution in [0.2, 0.25) is 5.02 Å². The molecule has 1 aromatic heterocycles. The lowest BCUT2D eigenvalue weighted by Gasteiger charge is -2.25. The summed E-state index contributed by atoms with van der Waals surface area (Å²) in [6, 6.07) is 13.3. The fourth-order valence-electron chi connectivity index (χ4n) is 4.05. The minimum absolute atomic E-state index is 0.0423. The van der Waals surface area contributed by atoms with Gasteiger partial charge < -0.3 is 10.6 Å². The second kappa shape index (κ2) is 7.61. The first kappa shape index (κ1) is 17.9. The number of nitrogens with zero attached hydrogens (tertiary/aromatic N) is 2. The Labute approximate surface area is 163 Å². The van der Waals surface area contributed by atoms with Crippen LogP contribution in [0.4, 0.5) is 10.5 Å². The van der Waals surface area contributed by atoms with Gasteiger partial charge in [-0.25, -0.2) is 4.79 Å². The third kappa shape index (κ3) is 3.78. The van der Waals surface area contributed by atoms with Gasteiger partial charge in [-0.05, 0) is 48.6 Å². The summed E-state index contributed by atoms with van der Waals surface area (Å²) >= 11 is 6.19. The van der Waals surface area contributed by atoms with Gasteiger partial charge in [0.2, 0.25) is 0 Å². The zero-order chi connectivity index (χ0) is 18.8. The molecule has 27 heavy (non-hydrogen) atoms. The number of nitrogens with one attached hydrogen (secondary N) is 2. The first-order chi connectivity index (χ1) is 13.1. The molecule has 4 rings (SSSR count). The van der Waals surface area contributed by atoms with Crippen LogP contribution in [-0.2, 0) is 7.05 Å². The molecule has 2 amide bonds. The van der Waals surface area contributed by atoms with Crippen LogP contribution < -0.4 is 10.6 Å². The number of aromatic nitrogens is 2. The fourth-order valence-corrected chi connectivity index (χ4v) is 4.25. The van der Waals surface area contributed by atoms with Crippen LogP contribution in [-0.4, -0.2) is 15.8 Å². The molecule has 5 nitrogen and oxygen atoms in total. The molecular formula is C21H23ClN4O. The summed E-state index contributed by atoms with van der Waals surface area (Å²) in [5.74, 6) is 0.434. The van der Waals surface area contributed by atoms with Crippen LogP contribution in [0.15, 0.2) is 48.7 Å². The van der Waals surface area contributed by atoms with E-state index in [-0.39, 0.29) is 12.1 Å². The average Bonchev–Trinajstić information content (AvgIpc) is 3.31. The van der Waals surface area contributed by atoms with E-state index in [0.29, 0.717) is 10.9 Å². The Bertz CT molecular complexity index is 962. The van der Waals surface area contributed by atoms with Crippen molar-refractivity contribution in [2.75, 3.05) is 5.32 Å². The SMILES string of the molecule is Cn1ncc2c(NC(=O)NC(c3cccc(Cl)c3)C3CCCC3)cccc21. The Morgan fingerprint density at radius 1 is 1.22 bits per heavy atom. The molecule has 2 N–H and O–H groups in total. The molecule has 1 heterocycles. The molecule has 140 valence electrons. The van der Waals surface area contributed by atoms with E-state index < -0.39 is 0 Å². The summed E-state index contributed by atoms with van der Waals surface area (Å²) < 4.78 is 1.80. The van der Waals surface area contributed by atoms with E-state index in [1.807, 2.05) is 49.5 Å². The molecule has 0 spiro atoms. The number of carbonyl (C=O) groups is 1. The predicted molar refractivity (Wildman–Crippen MR) is 109 cm³/mol. The third-order valence-electron chi connectivity index (χ3n) is 5.41. The number of benzene rings is 2. The molecule has 1 fully saturated rings. The summed E-state index contributed by atoms with van der Waals surface area (Å²) in [5, 5.41) is 12.1. The summed E-state index contributed by atoms with van der Waals surface area (Å²) in [4.78, 5) is 12.8. The van der Waals surface area contributed by atoms with Crippen molar-refractivity contribution >= 4 is 34.2 Å². The van der Waals surface area contributed by atoms with E-state index in [1.54, 1.807) is 10.9 Å². The molecule has 0 aliphatic heterocycles. The van der Waals surface area contributed by atoms with Gasteiger partial charge in [0.05, 0.1) is 23.4 Å². The molecule has 0 bridgehead atoms. The number of amides is 2. The van der Waals surface area contributed by atoms with Crippen molar-refractivity contribution in [1.29, 1.82) is 0 Å². The average molecular weight is 383 g/mol. The van der Waals surface area contributed by atoms with Gasteiger partial charge in [-0.2, -0.15) is 5.10 Å². The lowest BCUT2D eigenvalue weighted by atomic mass is 9.92. The van der Waals surface area contributed by atoms with Gasteiger partial charge in [-0.15, -0.1) is 0 Å². The Hall–Kier alpha value is -2.53. The van der Waals surface area contributed by atoms with Crippen molar-refractivity contribution < 1.29 is 4.79 Å². The summed E-state index contributed by atoms with van der Waals surface area (Å²) in [5.41, 5.74) is 2.80. The molecule has 3 aromatic rings. The maximum atomic E-state index is 12.8. The number of hydrogen-bond donors (Lipinski definition) is 2. The summed E-state index contributed by atoms with van der Waals surface area (Å²) in [6.45, 7) is 0. The molecule has 0 radical (unpaired) electrons. The maximum Gasteiger partial charge on any atom is 0.319 e. The minimum atomic E-state index is -0.205. The van der Waals surface area contributed by atoms with Crippen LogP contribution in [0.25, 0.3) is 10.9 Å². The van der Waals surface area contributed by atoms with E-state index >= 15 is 0 Å². The molecule has 1 unspecified atom stereocenters. The molecule has 1 atom stereocenters. The number of aryl methyl sites for hydroxylation is 1. The molecule has 1 aliphatic rings. The van der Waals surface area contributed by atoms with E-state index in [0.717, 1.165) is 35.0 Å². The topological polar surface area (TPSA) is 59.0 Å². The zero-order valence-electron chi connectivity index (χ0n) is 15.3. The first-order valence-electron chi connectivity index (χ1n) is 9.35. The second-order valence-electron chi connectivity index (χ2n) is 7.18. The Kier molecular flexibility index (Phi) is 5.03. The van der Waals surface area contributed by atoms with E-state index in [9.17, 15) is 4.79 Å². The van der Waals surface area contributed by atoms with Crippen LogP contribution >= 0.6 is 11.6 Å². The molecule has 1 aliphatic carbocycles. The first-order valence-corrected chi connectivity index (χ1v) is 9.73. The van der Waals surface area contributed by atoms with E-state index in [1.165, 1.54) is 12.8 Å². The lowest BCUT2D eigenvalue weighted by Crippen LogP contribution is -2.36. The van der Waals surface area contributed by atoms with Crippen LogP contribution in [0, 0.1) is 5.92 Å². The lowest BCUT2D eigenvalue weighted by molar-refractivity contribution is 0.242. The van der Waals surface area contributed by atoms with Crippen LogP contribution in [0.3, 0.4) is 0 Å². The van der Waals surface area contributed by atoms with Crippen molar-refractivity contribution in [2.45, 2.75) is 31.7 Å². The third-order valence-corrected chi connectivity index (χ3v) is 5.64. The number of fused-ring (bicyclic) bond motifs is 1. The molecule has 2 aromatic carbocycles. The highest BCUT2D eigenvalue weighted by molar-refractivity contribution is 6.30. The van der Waals surface area contributed by atoms with Gasteiger partial charge in [-0.3, -0.25) is 4.68 Å². The van der Waals surface area contributed by atoms with Gasteiger partial charge in [0.25, 0.3) is 0 Å². The number of rotatable bonds is 4. The minimum Gasteiger partial charge on any atom is -0.331 e.